The zero-order chi connectivity index (χ0) is 20.1. The fourth-order valence-corrected chi connectivity index (χ4v) is 4.59. The van der Waals surface area contributed by atoms with Gasteiger partial charge in [-0.25, -0.2) is 8.42 Å². The number of likely N-dealkylation sites (tertiary alicyclic amines) is 1. The molecule has 1 unspecified atom stereocenters. The maximum absolute atomic E-state index is 13.0. The van der Waals surface area contributed by atoms with Crippen molar-refractivity contribution < 1.29 is 13.2 Å². The van der Waals surface area contributed by atoms with E-state index in [0.717, 1.165) is 25.7 Å². The van der Waals surface area contributed by atoms with Crippen LogP contribution in [-0.2, 0) is 10.0 Å². The zero-order valence-electron chi connectivity index (χ0n) is 15.8. The van der Waals surface area contributed by atoms with Gasteiger partial charge in [0.25, 0.3) is 15.9 Å². The van der Waals surface area contributed by atoms with E-state index in [-0.39, 0.29) is 16.8 Å². The normalized spacial score (nSPS) is 17.0. The molecule has 1 atom stereocenters. The molecule has 28 heavy (non-hydrogen) atoms. The highest BCUT2D eigenvalue weighted by molar-refractivity contribution is 7.92. The van der Waals surface area contributed by atoms with Gasteiger partial charge in [-0.15, -0.1) is 0 Å². The van der Waals surface area contributed by atoms with Crippen LogP contribution < -0.4 is 4.72 Å². The number of benzene rings is 2. The van der Waals surface area contributed by atoms with Crippen LogP contribution in [0.15, 0.2) is 53.4 Å². The van der Waals surface area contributed by atoms with Crippen molar-refractivity contribution in [3.8, 4) is 6.07 Å². The fraction of sp³-hybridized carbons (Fsp3) is 0.333. The Morgan fingerprint density at radius 3 is 2.64 bits per heavy atom. The van der Waals surface area contributed by atoms with Gasteiger partial charge in [-0.3, -0.25) is 9.52 Å². The van der Waals surface area contributed by atoms with Crippen LogP contribution in [0.5, 0.6) is 0 Å². The predicted octanol–water partition coefficient (Wildman–Crippen LogP) is 3.76. The molecule has 146 valence electrons. The second-order valence-electron chi connectivity index (χ2n) is 6.88. The van der Waals surface area contributed by atoms with E-state index in [9.17, 15) is 13.2 Å². The minimum atomic E-state index is -3.84. The lowest BCUT2D eigenvalue weighted by Crippen LogP contribution is -2.43. The summed E-state index contributed by atoms with van der Waals surface area (Å²) in [6, 6.07) is 14.5. The second kappa shape index (κ2) is 8.44. The number of piperidine rings is 1. The van der Waals surface area contributed by atoms with Crippen molar-refractivity contribution in [2.75, 3.05) is 11.3 Å². The van der Waals surface area contributed by atoms with Gasteiger partial charge >= 0.3 is 0 Å². The summed E-state index contributed by atoms with van der Waals surface area (Å²) in [5.74, 6) is -0.123. The third kappa shape index (κ3) is 4.34. The van der Waals surface area contributed by atoms with Gasteiger partial charge in [0.15, 0.2) is 0 Å². The van der Waals surface area contributed by atoms with Crippen molar-refractivity contribution in [2.45, 2.75) is 43.5 Å². The minimum Gasteiger partial charge on any atom is -0.336 e. The highest BCUT2D eigenvalue weighted by Gasteiger charge is 2.27. The van der Waals surface area contributed by atoms with Crippen molar-refractivity contribution in [2.24, 2.45) is 0 Å². The molecule has 1 amide bonds. The first-order valence-corrected chi connectivity index (χ1v) is 10.9. The van der Waals surface area contributed by atoms with E-state index in [0.29, 0.717) is 23.4 Å². The second-order valence-corrected chi connectivity index (χ2v) is 8.56. The van der Waals surface area contributed by atoms with Gasteiger partial charge in [-0.2, -0.15) is 5.26 Å². The number of nitrogens with zero attached hydrogens (tertiary/aromatic N) is 2. The molecule has 1 heterocycles. The van der Waals surface area contributed by atoms with E-state index in [1.807, 2.05) is 11.0 Å². The average Bonchev–Trinajstić information content (AvgIpc) is 2.73. The van der Waals surface area contributed by atoms with Crippen molar-refractivity contribution in [3.63, 3.8) is 0 Å². The molecule has 1 aliphatic rings. The Labute approximate surface area is 165 Å². The molecule has 3 rings (SSSR count). The number of sulfonamides is 1. The zero-order valence-corrected chi connectivity index (χ0v) is 16.6. The molecule has 0 saturated carbocycles. The van der Waals surface area contributed by atoms with Crippen LogP contribution in [0.4, 0.5) is 5.69 Å². The van der Waals surface area contributed by atoms with Crippen LogP contribution in [0, 0.1) is 11.3 Å². The Kier molecular flexibility index (Phi) is 6.00. The average molecular weight is 398 g/mol. The number of carbonyl (C=O) groups is 1. The Balaban J connectivity index is 1.83. The van der Waals surface area contributed by atoms with Gasteiger partial charge < -0.3 is 4.90 Å². The smallest absolute Gasteiger partial charge is 0.261 e. The Hall–Kier alpha value is -2.85. The molecule has 0 radical (unpaired) electrons. The Bertz CT molecular complexity index is 994. The van der Waals surface area contributed by atoms with Gasteiger partial charge in [0, 0.05) is 23.8 Å². The molecule has 0 spiro atoms. The number of anilines is 1. The summed E-state index contributed by atoms with van der Waals surface area (Å²) in [7, 11) is -3.84. The SMILES string of the molecule is CCC1CCCCN1C(=O)c1cccc(S(=O)(=O)Nc2ccc(C#N)cc2)c1. The molecule has 0 bridgehead atoms. The number of nitrogens with one attached hydrogen (secondary N) is 1. The van der Waals surface area contributed by atoms with Crippen LogP contribution in [0.1, 0.15) is 48.5 Å². The van der Waals surface area contributed by atoms with E-state index in [4.69, 9.17) is 5.26 Å². The summed E-state index contributed by atoms with van der Waals surface area (Å²) in [4.78, 5) is 14.9. The molecular weight excluding hydrogens is 374 g/mol. The molecule has 7 heteroatoms. The molecule has 2 aromatic carbocycles. The topological polar surface area (TPSA) is 90.3 Å². The highest BCUT2D eigenvalue weighted by Crippen LogP contribution is 2.23. The maximum Gasteiger partial charge on any atom is 0.261 e. The highest BCUT2D eigenvalue weighted by atomic mass is 32.2. The number of hydrogen-bond acceptors (Lipinski definition) is 4. The molecule has 0 aliphatic carbocycles. The molecule has 1 saturated heterocycles. The van der Waals surface area contributed by atoms with Crippen molar-refractivity contribution >= 4 is 21.6 Å². The van der Waals surface area contributed by atoms with Crippen LogP contribution in [-0.4, -0.2) is 31.8 Å². The Morgan fingerprint density at radius 2 is 1.96 bits per heavy atom. The van der Waals surface area contributed by atoms with Crippen molar-refractivity contribution in [3.05, 3.63) is 59.7 Å². The number of nitriles is 1. The molecule has 1 fully saturated rings. The summed E-state index contributed by atoms with van der Waals surface area (Å²) < 4.78 is 27.9. The summed E-state index contributed by atoms with van der Waals surface area (Å²) in [5, 5.41) is 8.84. The number of rotatable bonds is 5. The fourth-order valence-electron chi connectivity index (χ4n) is 3.48. The van der Waals surface area contributed by atoms with E-state index in [1.165, 1.54) is 24.3 Å². The van der Waals surface area contributed by atoms with Crippen LogP contribution in [0.25, 0.3) is 0 Å². The molecule has 2 aromatic rings. The molecule has 0 aromatic heterocycles. The minimum absolute atomic E-state index is 0.0350. The first-order chi connectivity index (χ1) is 13.4. The quantitative estimate of drug-likeness (QED) is 0.832. The lowest BCUT2D eigenvalue weighted by Gasteiger charge is -2.35. The van der Waals surface area contributed by atoms with Gasteiger partial charge in [-0.05, 0) is 68.1 Å². The lowest BCUT2D eigenvalue weighted by molar-refractivity contribution is 0.0608. The van der Waals surface area contributed by atoms with Gasteiger partial charge in [0.1, 0.15) is 0 Å². The molecule has 1 N–H and O–H groups in total. The van der Waals surface area contributed by atoms with E-state index >= 15 is 0 Å². The monoisotopic (exact) mass is 397 g/mol. The molecular formula is C21H23N3O3S. The van der Waals surface area contributed by atoms with Gasteiger partial charge in [0.2, 0.25) is 0 Å². The largest absolute Gasteiger partial charge is 0.336 e. The number of carbonyl (C=O) groups excluding carboxylic acids is 1. The standard InChI is InChI=1S/C21H23N3O3S/c1-2-19-7-3-4-13-24(19)21(25)17-6-5-8-20(14-17)28(26,27)23-18-11-9-16(15-22)10-12-18/h5-6,8-12,14,19,23H,2-4,7,13H2,1H3. The summed E-state index contributed by atoms with van der Waals surface area (Å²) in [5.41, 5.74) is 1.18. The summed E-state index contributed by atoms with van der Waals surface area (Å²) in [6.07, 6.45) is 3.97. The van der Waals surface area contributed by atoms with Crippen LogP contribution >= 0.6 is 0 Å². The van der Waals surface area contributed by atoms with Gasteiger partial charge in [-0.1, -0.05) is 13.0 Å². The van der Waals surface area contributed by atoms with E-state index < -0.39 is 10.0 Å². The maximum atomic E-state index is 13.0. The molecule has 1 aliphatic heterocycles. The van der Waals surface area contributed by atoms with E-state index in [1.54, 1.807) is 24.3 Å². The third-order valence-corrected chi connectivity index (χ3v) is 6.40. The van der Waals surface area contributed by atoms with Crippen molar-refractivity contribution in [1.29, 1.82) is 5.26 Å². The van der Waals surface area contributed by atoms with Crippen molar-refractivity contribution in [1.82, 2.24) is 4.90 Å². The summed E-state index contributed by atoms with van der Waals surface area (Å²) in [6.45, 7) is 2.77. The Morgan fingerprint density at radius 1 is 1.21 bits per heavy atom. The van der Waals surface area contributed by atoms with Gasteiger partial charge in [0.05, 0.1) is 16.5 Å². The van der Waals surface area contributed by atoms with Crippen LogP contribution in [0.3, 0.4) is 0 Å². The lowest BCUT2D eigenvalue weighted by atomic mass is 9.99. The van der Waals surface area contributed by atoms with E-state index in [2.05, 4.69) is 11.6 Å². The summed E-state index contributed by atoms with van der Waals surface area (Å²) >= 11 is 0. The first kappa shape index (κ1) is 19.9. The number of amides is 1. The third-order valence-electron chi connectivity index (χ3n) is 5.02. The molecule has 6 nitrogen and oxygen atoms in total. The van der Waals surface area contributed by atoms with Crippen LogP contribution in [0.2, 0.25) is 0 Å². The number of hydrogen-bond donors (Lipinski definition) is 1. The predicted molar refractivity (Wildman–Crippen MR) is 107 cm³/mol. The first-order valence-electron chi connectivity index (χ1n) is 9.38.